The summed E-state index contributed by atoms with van der Waals surface area (Å²) in [6, 6.07) is 0. The summed E-state index contributed by atoms with van der Waals surface area (Å²) in [4.78, 5) is 18.5. The second kappa shape index (κ2) is 66.9. The van der Waals surface area contributed by atoms with E-state index in [1.54, 1.807) is 21.3 Å². The van der Waals surface area contributed by atoms with Gasteiger partial charge in [-0.25, -0.2) is 0 Å². The summed E-state index contributed by atoms with van der Waals surface area (Å²) in [5.41, 5.74) is 43.6. The average Bonchev–Trinajstić information content (AvgIpc) is 3.38. The number of nitrogens with one attached hydrogen (secondary N) is 6. The van der Waals surface area contributed by atoms with E-state index in [9.17, 15) is 4.79 Å². The molecule has 1 amide bonds. The van der Waals surface area contributed by atoms with Crippen molar-refractivity contribution < 1.29 is 23.7 Å². The second-order valence-corrected chi connectivity index (χ2v) is 19.9. The minimum Gasteiger partial charge on any atom is -0.384 e. The van der Waals surface area contributed by atoms with E-state index in [-0.39, 0.29) is 11.3 Å². The number of carbonyl (C=O) groups excluding carboxylic acids is 1. The quantitative estimate of drug-likeness (QED) is 0.0307. The van der Waals surface area contributed by atoms with Crippen LogP contribution in [0.15, 0.2) is 0 Å². The fourth-order valence-electron chi connectivity index (χ4n) is 6.75. The van der Waals surface area contributed by atoms with Crippen LogP contribution in [0.5, 0.6) is 0 Å². The van der Waals surface area contributed by atoms with Crippen LogP contribution in [0.3, 0.4) is 0 Å². The van der Waals surface area contributed by atoms with E-state index in [0.29, 0.717) is 76.2 Å². The third-order valence-electron chi connectivity index (χ3n) is 11.8. The Bertz CT molecular complexity index is 1050. The molecule has 0 spiro atoms. The van der Waals surface area contributed by atoms with Gasteiger partial charge in [0.15, 0.2) is 0 Å². The third kappa shape index (κ3) is 66.9. The van der Waals surface area contributed by atoms with E-state index >= 15 is 0 Å². The van der Waals surface area contributed by atoms with Crippen molar-refractivity contribution in [1.82, 2.24) is 46.6 Å². The summed E-state index contributed by atoms with van der Waals surface area (Å²) in [7, 11) is 5.21. The molecular formula is C53H131N17O5. The molecule has 4 atom stereocenters. The van der Waals surface area contributed by atoms with Crippen LogP contribution in [0.25, 0.3) is 0 Å². The van der Waals surface area contributed by atoms with Crippen molar-refractivity contribution in [3.63, 3.8) is 0 Å². The molecule has 0 saturated heterocycles. The number of hydrogen-bond acceptors (Lipinski definition) is 21. The first-order valence-corrected chi connectivity index (χ1v) is 28.8. The van der Waals surface area contributed by atoms with Gasteiger partial charge in [0.05, 0.1) is 12.7 Å². The first kappa shape index (κ1) is 82.5. The zero-order chi connectivity index (χ0) is 57.6. The molecule has 0 aliphatic carbocycles. The molecule has 4 unspecified atom stereocenters. The van der Waals surface area contributed by atoms with Crippen LogP contribution < -0.4 is 77.8 Å². The Morgan fingerprint density at radius 1 is 0.453 bits per heavy atom. The number of nitrogens with zero attached hydrogens (tertiary/aromatic N) is 3. The first-order chi connectivity index (χ1) is 36.1. The minimum absolute atomic E-state index is 0.112. The molecule has 0 aromatic rings. The highest BCUT2D eigenvalue weighted by Crippen LogP contribution is 2.19. The number of rotatable bonds is 49. The third-order valence-corrected chi connectivity index (χ3v) is 11.8. The molecule has 22 N–H and O–H groups in total. The van der Waals surface area contributed by atoms with Crippen molar-refractivity contribution in [3.8, 4) is 0 Å². The molecule has 0 rings (SSSR count). The van der Waals surface area contributed by atoms with Gasteiger partial charge in [-0.3, -0.25) is 19.5 Å². The van der Waals surface area contributed by atoms with E-state index in [4.69, 9.17) is 64.8 Å². The van der Waals surface area contributed by atoms with Gasteiger partial charge in [0.25, 0.3) is 0 Å². The summed E-state index contributed by atoms with van der Waals surface area (Å²) in [6.07, 6.45) is 4.51. The van der Waals surface area contributed by atoms with Gasteiger partial charge >= 0.3 is 0 Å². The molecule has 0 aromatic heterocycles. The molecule has 0 aromatic carbocycles. The molecule has 0 fully saturated rings. The van der Waals surface area contributed by atoms with Gasteiger partial charge in [0.1, 0.15) is 0 Å². The van der Waals surface area contributed by atoms with Crippen LogP contribution in [0, 0.1) is 23.2 Å². The monoisotopic (exact) mass is 1090 g/mol. The molecule has 22 heteroatoms. The Labute approximate surface area is 462 Å². The summed E-state index contributed by atoms with van der Waals surface area (Å²) in [6.45, 7) is 44.2. The molecule has 0 bridgehead atoms. The molecule has 0 radical (unpaired) electrons. The number of hydrogen-bond donors (Lipinski definition) is 14. The largest absolute Gasteiger partial charge is 0.384 e. The fourth-order valence-corrected chi connectivity index (χ4v) is 6.75. The summed E-state index contributed by atoms with van der Waals surface area (Å²) in [5, 5.41) is 19.7. The fraction of sp³-hybridized carbons (Fsp3) is 0.981. The second-order valence-electron chi connectivity index (χ2n) is 19.9. The predicted molar refractivity (Wildman–Crippen MR) is 321 cm³/mol. The molecule has 0 heterocycles. The van der Waals surface area contributed by atoms with Gasteiger partial charge in [-0.1, -0.05) is 48.5 Å². The average molecular weight is 1090 g/mol. The molecule has 0 aliphatic heterocycles. The topological polar surface area (TPSA) is 344 Å². The maximum atomic E-state index is 11.8. The number of methoxy groups -OCH3 is 3. The maximum Gasteiger partial charge on any atom is 0.225 e. The van der Waals surface area contributed by atoms with Gasteiger partial charge in [-0.15, -0.1) is 0 Å². The van der Waals surface area contributed by atoms with Gasteiger partial charge in [0, 0.05) is 184 Å². The van der Waals surface area contributed by atoms with Crippen LogP contribution in [-0.4, -0.2) is 258 Å². The van der Waals surface area contributed by atoms with Crippen LogP contribution in [0.2, 0.25) is 0 Å². The van der Waals surface area contributed by atoms with Crippen molar-refractivity contribution in [2.24, 2.45) is 69.0 Å². The zero-order valence-electron chi connectivity index (χ0n) is 50.8. The normalized spacial score (nSPS) is 12.9. The van der Waals surface area contributed by atoms with Crippen molar-refractivity contribution >= 4 is 5.91 Å². The van der Waals surface area contributed by atoms with Crippen LogP contribution in [0.4, 0.5) is 0 Å². The lowest BCUT2D eigenvalue weighted by molar-refractivity contribution is -0.129. The van der Waals surface area contributed by atoms with Crippen LogP contribution in [0.1, 0.15) is 81.1 Å². The number of ether oxygens (including phenoxy) is 4. The van der Waals surface area contributed by atoms with Crippen molar-refractivity contribution in [3.05, 3.63) is 0 Å². The predicted octanol–water partition coefficient (Wildman–Crippen LogP) is -1.55. The number of carbonyl (C=O) groups is 1. The Morgan fingerprint density at radius 3 is 1.19 bits per heavy atom. The number of nitrogens with two attached hydrogens (primary N) is 8. The lowest BCUT2D eigenvalue weighted by Crippen LogP contribution is -2.43. The zero-order valence-corrected chi connectivity index (χ0v) is 50.8. The Hall–Kier alpha value is -1.33. The smallest absolute Gasteiger partial charge is 0.225 e. The Balaban J connectivity index is -0.000000275. The first-order valence-electron chi connectivity index (χ1n) is 28.8. The maximum absolute atomic E-state index is 11.8. The molecule has 458 valence electrons. The summed E-state index contributed by atoms with van der Waals surface area (Å²) in [5.74, 6) is 1.85. The Morgan fingerprint density at radius 2 is 0.813 bits per heavy atom. The van der Waals surface area contributed by atoms with E-state index in [2.05, 4.69) is 81.2 Å². The van der Waals surface area contributed by atoms with Crippen LogP contribution >= 0.6 is 0 Å². The summed E-state index contributed by atoms with van der Waals surface area (Å²) < 4.78 is 20.7. The van der Waals surface area contributed by atoms with Crippen LogP contribution in [-0.2, 0) is 23.7 Å². The summed E-state index contributed by atoms with van der Waals surface area (Å²) >= 11 is 0. The molecule has 0 saturated carbocycles. The van der Waals surface area contributed by atoms with Gasteiger partial charge in [-0.05, 0) is 96.2 Å². The van der Waals surface area contributed by atoms with Crippen molar-refractivity contribution in [2.45, 2.75) is 87.2 Å². The van der Waals surface area contributed by atoms with E-state index in [1.165, 1.54) is 6.42 Å². The molecular weight excluding hydrogens is 955 g/mol. The SMILES string of the molecule is CCC(C)(C)C(=O)NCCN(CCN)CCN.CCC(C)OCCNCCN(CCN)CCN.COCC(C)CNCCCNCCCN.COCC(C)CNCCN.COCC(C)CNCCN(CCN)CCN. The lowest BCUT2D eigenvalue weighted by Gasteiger charge is -2.24. The highest BCUT2D eigenvalue weighted by molar-refractivity contribution is 5.81. The molecule has 22 nitrogen and oxygen atoms in total. The van der Waals surface area contributed by atoms with Gasteiger partial charge < -0.3 is 96.7 Å². The number of amides is 1. The van der Waals surface area contributed by atoms with E-state index < -0.39 is 0 Å². The highest BCUT2D eigenvalue weighted by Gasteiger charge is 2.24. The minimum atomic E-state index is -0.285. The van der Waals surface area contributed by atoms with E-state index in [1.807, 2.05) is 20.8 Å². The van der Waals surface area contributed by atoms with Crippen molar-refractivity contribution in [2.75, 3.05) is 231 Å². The highest BCUT2D eigenvalue weighted by atomic mass is 16.5. The standard InChI is InChI=1S/C12H28N4O.C12H30N4O.C11H28N4O.C11H27N3O.C7H18N2O/c1-4-12(2,3)11(17)15-7-10-16(8-5-13)9-6-14;1-3-12(2)17-11-7-15-6-10-16(8-4-13)9-5-14;1-11(10-16-2)9-14-5-8-15(6-3-12)7-4-13;1-11(10-15-2)9-14-8-4-7-13-6-3-5-12;1-7(6-10-2)5-9-4-3-8/h4-10,13-14H2,1-3H3,(H,15,17);12,15H,3-11,13-14H2,1-2H3;11,14H,3-10,12-13H2,1-2H3;11,13-14H,3-10,12H2,1-2H3;7,9H,3-6,8H2,1-2H3. The van der Waals surface area contributed by atoms with Gasteiger partial charge in [-0.2, -0.15) is 0 Å². The molecule has 75 heavy (non-hydrogen) atoms. The van der Waals surface area contributed by atoms with E-state index in [0.717, 1.165) is 177 Å². The molecule has 0 aliphatic rings. The Kier molecular flexibility index (Phi) is 73.6. The van der Waals surface area contributed by atoms with Crippen molar-refractivity contribution in [1.29, 1.82) is 0 Å². The lowest BCUT2D eigenvalue weighted by atomic mass is 9.89. The van der Waals surface area contributed by atoms with Gasteiger partial charge in [0.2, 0.25) is 5.91 Å².